The van der Waals surface area contributed by atoms with Crippen LogP contribution in [0.5, 0.6) is 0 Å². The van der Waals surface area contributed by atoms with Gasteiger partial charge in [0.05, 0.1) is 12.0 Å². The third-order valence-corrected chi connectivity index (χ3v) is 4.00. The number of hydrogen-bond acceptors (Lipinski definition) is 1. The lowest BCUT2D eigenvalue weighted by Gasteiger charge is -1.93. The Hall–Kier alpha value is -0.510. The van der Waals surface area contributed by atoms with Crippen LogP contribution < -0.4 is 0 Å². The van der Waals surface area contributed by atoms with E-state index in [4.69, 9.17) is 5.26 Å². The van der Waals surface area contributed by atoms with Gasteiger partial charge in [-0.15, -0.1) is 0 Å². The summed E-state index contributed by atoms with van der Waals surface area (Å²) in [5, 5.41) is 8.66. The number of nitriles is 1. The highest BCUT2D eigenvalue weighted by molar-refractivity contribution is 5.32. The maximum absolute atomic E-state index is 8.66. The van der Waals surface area contributed by atoms with Gasteiger partial charge < -0.3 is 0 Å². The molecule has 0 aromatic rings. The first-order valence-corrected chi connectivity index (χ1v) is 5.07. The average molecular weight is 160 g/mol. The van der Waals surface area contributed by atoms with Crippen LogP contribution in [-0.4, -0.2) is 0 Å². The van der Waals surface area contributed by atoms with Crippen molar-refractivity contribution in [3.8, 4) is 6.07 Å². The van der Waals surface area contributed by atoms with Crippen LogP contribution in [0, 0.1) is 46.8 Å². The zero-order chi connectivity index (χ0) is 8.29. The van der Waals surface area contributed by atoms with Gasteiger partial charge in [0.1, 0.15) is 0 Å². The summed E-state index contributed by atoms with van der Waals surface area (Å²) in [7, 11) is 0. The van der Waals surface area contributed by atoms with E-state index in [1.165, 1.54) is 18.8 Å². The fraction of sp³-hybridized carbons (Fsp3) is 0.818. The Labute approximate surface area is 73.8 Å². The molecule has 0 aliphatic heterocycles. The van der Waals surface area contributed by atoms with Crippen LogP contribution in [0.1, 0.15) is 26.2 Å². The Morgan fingerprint density at radius 3 is 2.50 bits per heavy atom. The van der Waals surface area contributed by atoms with Gasteiger partial charge in [-0.25, -0.2) is 0 Å². The van der Waals surface area contributed by atoms with Crippen molar-refractivity contribution in [1.82, 2.24) is 0 Å². The summed E-state index contributed by atoms with van der Waals surface area (Å²) >= 11 is 0. The minimum atomic E-state index is 0.743. The second-order valence-corrected chi connectivity index (χ2v) is 4.89. The molecule has 0 bridgehead atoms. The summed E-state index contributed by atoms with van der Waals surface area (Å²) in [5.41, 5.74) is 0. The van der Waals surface area contributed by atoms with Crippen molar-refractivity contribution in [3.63, 3.8) is 0 Å². The molecule has 1 radical (unpaired) electrons. The molecule has 12 heavy (non-hydrogen) atoms. The van der Waals surface area contributed by atoms with E-state index in [1.807, 2.05) is 0 Å². The first-order chi connectivity index (χ1) is 5.81. The molecule has 5 unspecified atom stereocenters. The molecule has 0 N–H and O–H groups in total. The monoisotopic (exact) mass is 160 g/mol. The minimum Gasteiger partial charge on any atom is -0.198 e. The number of rotatable bonds is 2. The van der Waals surface area contributed by atoms with E-state index in [-0.39, 0.29) is 0 Å². The fourth-order valence-electron chi connectivity index (χ4n) is 2.85. The lowest BCUT2D eigenvalue weighted by molar-refractivity contribution is 0.561. The van der Waals surface area contributed by atoms with Crippen molar-refractivity contribution < 1.29 is 0 Å². The summed E-state index contributed by atoms with van der Waals surface area (Å²) in [6.45, 7) is 2.36. The van der Waals surface area contributed by atoms with Crippen molar-refractivity contribution in [1.29, 1.82) is 5.26 Å². The van der Waals surface area contributed by atoms with E-state index < -0.39 is 0 Å². The molecule has 3 aliphatic carbocycles. The van der Waals surface area contributed by atoms with Crippen molar-refractivity contribution >= 4 is 0 Å². The van der Waals surface area contributed by atoms with Gasteiger partial charge in [0.15, 0.2) is 0 Å². The molecule has 3 rings (SSSR count). The van der Waals surface area contributed by atoms with Crippen LogP contribution >= 0.6 is 0 Å². The highest BCUT2D eigenvalue weighted by atomic mass is 14.6. The molecule has 3 saturated carbocycles. The largest absolute Gasteiger partial charge is 0.198 e. The van der Waals surface area contributed by atoms with Crippen LogP contribution in [0.2, 0.25) is 0 Å². The van der Waals surface area contributed by atoms with Gasteiger partial charge in [-0.1, -0.05) is 6.92 Å². The molecule has 0 amide bonds. The van der Waals surface area contributed by atoms with E-state index in [1.54, 1.807) is 0 Å². The van der Waals surface area contributed by atoms with Crippen LogP contribution in [0.15, 0.2) is 0 Å². The molecule has 1 nitrogen and oxygen atoms in total. The Bertz CT molecular complexity index is 252. The Morgan fingerprint density at radius 1 is 1.25 bits per heavy atom. The van der Waals surface area contributed by atoms with Crippen molar-refractivity contribution in [2.24, 2.45) is 29.6 Å². The molecular formula is C11H14N. The van der Waals surface area contributed by atoms with Gasteiger partial charge in [-0.3, -0.25) is 0 Å². The van der Waals surface area contributed by atoms with Crippen LogP contribution in [-0.2, 0) is 0 Å². The van der Waals surface area contributed by atoms with Gasteiger partial charge in [-0.05, 0) is 48.9 Å². The summed E-state index contributed by atoms with van der Waals surface area (Å²) in [6, 6.07) is 2.32. The molecule has 5 atom stereocenters. The predicted molar refractivity (Wildman–Crippen MR) is 45.8 cm³/mol. The smallest absolute Gasteiger partial charge is 0.0797 e. The second-order valence-electron chi connectivity index (χ2n) is 4.89. The third-order valence-electron chi connectivity index (χ3n) is 4.00. The first-order valence-electron chi connectivity index (χ1n) is 5.07. The van der Waals surface area contributed by atoms with E-state index in [9.17, 15) is 0 Å². The quantitative estimate of drug-likeness (QED) is 0.608. The van der Waals surface area contributed by atoms with E-state index in [0.717, 1.165) is 36.0 Å². The SMILES string of the molecule is CC1CC1C1CC1C1C[C]1C#N. The molecule has 0 spiro atoms. The Morgan fingerprint density at radius 2 is 2.00 bits per heavy atom. The van der Waals surface area contributed by atoms with Gasteiger partial charge in [0, 0.05) is 0 Å². The molecular weight excluding hydrogens is 146 g/mol. The van der Waals surface area contributed by atoms with Gasteiger partial charge >= 0.3 is 0 Å². The van der Waals surface area contributed by atoms with Gasteiger partial charge in [0.25, 0.3) is 0 Å². The highest BCUT2D eigenvalue weighted by Gasteiger charge is 2.59. The molecule has 3 aliphatic rings. The van der Waals surface area contributed by atoms with Gasteiger partial charge in [-0.2, -0.15) is 5.26 Å². The van der Waals surface area contributed by atoms with E-state index in [2.05, 4.69) is 13.0 Å². The zero-order valence-corrected chi connectivity index (χ0v) is 7.46. The molecule has 1 heteroatoms. The fourth-order valence-corrected chi connectivity index (χ4v) is 2.85. The van der Waals surface area contributed by atoms with Crippen LogP contribution in [0.25, 0.3) is 0 Å². The van der Waals surface area contributed by atoms with E-state index >= 15 is 0 Å². The number of hydrogen-bond donors (Lipinski definition) is 0. The topological polar surface area (TPSA) is 23.8 Å². The summed E-state index contributed by atoms with van der Waals surface area (Å²) in [4.78, 5) is 0. The maximum atomic E-state index is 8.66. The lowest BCUT2D eigenvalue weighted by Crippen LogP contribution is -1.89. The molecule has 3 fully saturated rings. The maximum Gasteiger partial charge on any atom is 0.0797 e. The van der Waals surface area contributed by atoms with Crippen molar-refractivity contribution in [2.45, 2.75) is 26.2 Å². The predicted octanol–water partition coefficient (Wildman–Crippen LogP) is 2.40. The third kappa shape index (κ3) is 0.905. The van der Waals surface area contributed by atoms with Gasteiger partial charge in [0.2, 0.25) is 0 Å². The summed E-state index contributed by atoms with van der Waals surface area (Å²) in [5.74, 6) is 5.95. The lowest BCUT2D eigenvalue weighted by atomic mass is 10.1. The standard InChI is InChI=1S/C11H14N/c1-6-2-8(6)10-4-11(10)9-3-7(9)5-12/h6,8-11H,2-4H2,1H3. The zero-order valence-electron chi connectivity index (χ0n) is 7.46. The minimum absolute atomic E-state index is 0.743. The second kappa shape index (κ2) is 2.05. The van der Waals surface area contributed by atoms with Crippen LogP contribution in [0.3, 0.4) is 0 Å². The van der Waals surface area contributed by atoms with Crippen molar-refractivity contribution in [2.75, 3.05) is 0 Å². The normalized spacial score (nSPS) is 56.2. The summed E-state index contributed by atoms with van der Waals surface area (Å²) < 4.78 is 0. The Kier molecular flexibility index (Phi) is 1.18. The molecule has 63 valence electrons. The average Bonchev–Trinajstić information content (AvgIpc) is 2.89. The highest BCUT2D eigenvalue weighted by Crippen LogP contribution is 2.66. The van der Waals surface area contributed by atoms with Crippen LogP contribution in [0.4, 0.5) is 0 Å². The first kappa shape index (κ1) is 6.95. The molecule has 0 saturated heterocycles. The Balaban J connectivity index is 1.54. The molecule has 0 aromatic carbocycles. The van der Waals surface area contributed by atoms with E-state index in [0.29, 0.717) is 0 Å². The summed E-state index contributed by atoms with van der Waals surface area (Å²) in [6.07, 6.45) is 4.04. The van der Waals surface area contributed by atoms with Crippen molar-refractivity contribution in [3.05, 3.63) is 5.92 Å². The number of nitrogens with zero attached hydrogens (tertiary/aromatic N) is 1. The molecule has 0 aromatic heterocycles. The molecule has 0 heterocycles.